The number of H-pyrrole nitrogens is 1. The van der Waals surface area contributed by atoms with Crippen molar-refractivity contribution < 1.29 is 9.59 Å². The molecule has 6 heteroatoms. The summed E-state index contributed by atoms with van der Waals surface area (Å²) in [7, 11) is 0. The average molecular weight is 362 g/mol. The van der Waals surface area contributed by atoms with Crippen molar-refractivity contribution in [2.75, 3.05) is 10.6 Å². The van der Waals surface area contributed by atoms with Crippen LogP contribution in [0.15, 0.2) is 54.7 Å². The molecule has 6 nitrogen and oxygen atoms in total. The molecule has 1 heterocycles. The van der Waals surface area contributed by atoms with Crippen molar-refractivity contribution >= 4 is 34.2 Å². The van der Waals surface area contributed by atoms with Crippen molar-refractivity contribution in [1.29, 1.82) is 0 Å². The molecule has 138 valence electrons. The van der Waals surface area contributed by atoms with Crippen molar-refractivity contribution in [2.24, 2.45) is 0 Å². The predicted molar refractivity (Wildman–Crippen MR) is 107 cm³/mol. The zero-order chi connectivity index (χ0) is 18.6. The van der Waals surface area contributed by atoms with Crippen LogP contribution in [-0.2, 0) is 11.2 Å². The minimum Gasteiger partial charge on any atom is -0.361 e. The second kappa shape index (κ2) is 7.53. The molecule has 2 aromatic carbocycles. The summed E-state index contributed by atoms with van der Waals surface area (Å²) < 4.78 is 0. The van der Waals surface area contributed by atoms with Gasteiger partial charge >= 0.3 is 6.03 Å². The van der Waals surface area contributed by atoms with E-state index in [1.807, 2.05) is 24.4 Å². The lowest BCUT2D eigenvalue weighted by Crippen LogP contribution is -2.30. The van der Waals surface area contributed by atoms with Gasteiger partial charge in [-0.1, -0.05) is 18.2 Å². The molecular weight excluding hydrogens is 340 g/mol. The third kappa shape index (κ3) is 4.47. The van der Waals surface area contributed by atoms with Gasteiger partial charge in [0.25, 0.3) is 0 Å². The number of nitrogens with one attached hydrogen (secondary N) is 4. The number of urea groups is 1. The van der Waals surface area contributed by atoms with Crippen LogP contribution in [-0.4, -0.2) is 23.0 Å². The maximum Gasteiger partial charge on any atom is 0.319 e. The van der Waals surface area contributed by atoms with Gasteiger partial charge in [0.2, 0.25) is 5.91 Å². The van der Waals surface area contributed by atoms with Gasteiger partial charge in [0, 0.05) is 40.9 Å². The number of carbonyl (C=O) groups excluding carboxylic acids is 2. The first-order valence-corrected chi connectivity index (χ1v) is 9.20. The van der Waals surface area contributed by atoms with Gasteiger partial charge in [0.15, 0.2) is 0 Å². The minimum absolute atomic E-state index is 0.0348. The standard InChI is InChI=1S/C21H22N4O2/c26-20(12-5-14-13-22-19-4-2-1-3-18(14)19)23-15-6-8-16(9-7-15)24-21(27)25-17-10-11-17/h1-4,6-9,13,17,22H,5,10-12H2,(H,23,26)(H2,24,25,27). The minimum atomic E-state index is -0.187. The number of carbonyl (C=O) groups is 2. The van der Waals surface area contributed by atoms with Crippen LogP contribution in [0.3, 0.4) is 0 Å². The van der Waals surface area contributed by atoms with Gasteiger partial charge in [-0.05, 0) is 55.2 Å². The highest BCUT2D eigenvalue weighted by atomic mass is 16.2. The highest BCUT2D eigenvalue weighted by Crippen LogP contribution is 2.20. The smallest absolute Gasteiger partial charge is 0.319 e. The van der Waals surface area contributed by atoms with Crippen LogP contribution in [0.4, 0.5) is 16.2 Å². The first-order valence-electron chi connectivity index (χ1n) is 9.20. The van der Waals surface area contributed by atoms with Crippen molar-refractivity contribution in [3.05, 3.63) is 60.3 Å². The van der Waals surface area contributed by atoms with E-state index < -0.39 is 0 Å². The Balaban J connectivity index is 1.28. The zero-order valence-corrected chi connectivity index (χ0v) is 14.9. The van der Waals surface area contributed by atoms with E-state index in [4.69, 9.17) is 0 Å². The molecule has 1 aliphatic rings. The number of benzene rings is 2. The van der Waals surface area contributed by atoms with Crippen LogP contribution < -0.4 is 16.0 Å². The number of hydrogen-bond donors (Lipinski definition) is 4. The van der Waals surface area contributed by atoms with Crippen molar-refractivity contribution in [1.82, 2.24) is 10.3 Å². The number of anilines is 2. The quantitative estimate of drug-likeness (QED) is 0.534. The number of amides is 3. The summed E-state index contributed by atoms with van der Waals surface area (Å²) in [6, 6.07) is 15.3. The molecule has 1 saturated carbocycles. The molecule has 0 aliphatic heterocycles. The first-order chi connectivity index (χ1) is 13.2. The van der Waals surface area contributed by atoms with Gasteiger partial charge < -0.3 is 20.9 Å². The second-order valence-corrected chi connectivity index (χ2v) is 6.86. The molecule has 1 aromatic heterocycles. The first kappa shape index (κ1) is 17.1. The van der Waals surface area contributed by atoms with Crippen LogP contribution in [0.1, 0.15) is 24.8 Å². The van der Waals surface area contributed by atoms with Crippen LogP contribution in [0, 0.1) is 0 Å². The van der Waals surface area contributed by atoms with E-state index in [9.17, 15) is 9.59 Å². The molecule has 0 atom stereocenters. The molecule has 3 aromatic rings. The molecule has 0 saturated heterocycles. The highest BCUT2D eigenvalue weighted by molar-refractivity contribution is 5.93. The van der Waals surface area contributed by atoms with E-state index in [2.05, 4.69) is 27.0 Å². The molecule has 0 unspecified atom stereocenters. The third-order valence-electron chi connectivity index (χ3n) is 4.64. The topological polar surface area (TPSA) is 86.0 Å². The fourth-order valence-electron chi connectivity index (χ4n) is 3.03. The Morgan fingerprint density at radius 2 is 1.67 bits per heavy atom. The summed E-state index contributed by atoms with van der Waals surface area (Å²) >= 11 is 0. The van der Waals surface area contributed by atoms with Crippen LogP contribution in [0.2, 0.25) is 0 Å². The van der Waals surface area contributed by atoms with Crippen LogP contribution in [0.25, 0.3) is 10.9 Å². The fraction of sp³-hybridized carbons (Fsp3) is 0.238. The highest BCUT2D eigenvalue weighted by Gasteiger charge is 2.23. The van der Waals surface area contributed by atoms with Gasteiger partial charge in [0.1, 0.15) is 0 Å². The zero-order valence-electron chi connectivity index (χ0n) is 14.9. The predicted octanol–water partition coefficient (Wildman–Crippen LogP) is 4.02. The lowest BCUT2D eigenvalue weighted by molar-refractivity contribution is -0.116. The van der Waals surface area contributed by atoms with Gasteiger partial charge in [-0.2, -0.15) is 0 Å². The molecule has 0 radical (unpaired) electrons. The summed E-state index contributed by atoms with van der Waals surface area (Å²) in [4.78, 5) is 27.2. The van der Waals surface area contributed by atoms with Crippen molar-refractivity contribution in [2.45, 2.75) is 31.7 Å². The van der Waals surface area contributed by atoms with E-state index in [1.165, 1.54) is 0 Å². The van der Waals surface area contributed by atoms with Gasteiger partial charge in [-0.3, -0.25) is 4.79 Å². The molecule has 0 bridgehead atoms. The Morgan fingerprint density at radius 1 is 0.963 bits per heavy atom. The Labute approximate surface area is 157 Å². The Morgan fingerprint density at radius 3 is 2.41 bits per heavy atom. The molecular formula is C21H22N4O2. The van der Waals surface area contributed by atoms with Gasteiger partial charge in [0.05, 0.1) is 0 Å². The Hall–Kier alpha value is -3.28. The molecule has 4 rings (SSSR count). The van der Waals surface area contributed by atoms with E-state index in [0.717, 1.165) is 29.3 Å². The SMILES string of the molecule is O=C(CCc1c[nH]c2ccccc12)Nc1ccc(NC(=O)NC2CC2)cc1. The van der Waals surface area contributed by atoms with E-state index in [1.54, 1.807) is 24.3 Å². The lowest BCUT2D eigenvalue weighted by Gasteiger charge is -2.08. The van der Waals surface area contributed by atoms with Crippen LogP contribution >= 0.6 is 0 Å². The maximum absolute atomic E-state index is 12.2. The number of fused-ring (bicyclic) bond motifs is 1. The number of hydrogen-bond acceptors (Lipinski definition) is 2. The molecule has 4 N–H and O–H groups in total. The Kier molecular flexibility index (Phi) is 4.78. The number of aromatic amines is 1. The van der Waals surface area contributed by atoms with Crippen LogP contribution in [0.5, 0.6) is 0 Å². The van der Waals surface area contributed by atoms with Crippen molar-refractivity contribution in [3.8, 4) is 0 Å². The lowest BCUT2D eigenvalue weighted by atomic mass is 10.1. The van der Waals surface area contributed by atoms with E-state index in [0.29, 0.717) is 30.3 Å². The molecule has 1 fully saturated rings. The molecule has 1 aliphatic carbocycles. The number of rotatable bonds is 6. The third-order valence-corrected chi connectivity index (χ3v) is 4.64. The summed E-state index contributed by atoms with van der Waals surface area (Å²) in [6.07, 6.45) is 5.15. The molecule has 0 spiro atoms. The monoisotopic (exact) mass is 362 g/mol. The summed E-state index contributed by atoms with van der Waals surface area (Å²) in [5.74, 6) is -0.0348. The summed E-state index contributed by atoms with van der Waals surface area (Å²) in [5, 5.41) is 9.71. The van der Waals surface area contributed by atoms with Crippen molar-refractivity contribution in [3.63, 3.8) is 0 Å². The Bertz CT molecular complexity index is 958. The van der Waals surface area contributed by atoms with Gasteiger partial charge in [-0.25, -0.2) is 4.79 Å². The number of aromatic nitrogens is 1. The number of aryl methyl sites for hydroxylation is 1. The van der Waals surface area contributed by atoms with E-state index >= 15 is 0 Å². The molecule has 27 heavy (non-hydrogen) atoms. The molecule has 3 amide bonds. The largest absolute Gasteiger partial charge is 0.361 e. The van der Waals surface area contributed by atoms with Gasteiger partial charge in [-0.15, -0.1) is 0 Å². The fourth-order valence-corrected chi connectivity index (χ4v) is 3.03. The van der Waals surface area contributed by atoms with E-state index in [-0.39, 0.29) is 11.9 Å². The maximum atomic E-state index is 12.2. The summed E-state index contributed by atoms with van der Waals surface area (Å²) in [6.45, 7) is 0. The summed E-state index contributed by atoms with van der Waals surface area (Å²) in [5.41, 5.74) is 3.64. The number of para-hydroxylation sites is 1. The average Bonchev–Trinajstić information content (AvgIpc) is 3.38. The normalized spacial score (nSPS) is 13.3. The second-order valence-electron chi connectivity index (χ2n) is 6.86.